The number of aryl methyl sites for hydroxylation is 5. The molecule has 2 heteroatoms. The standard InChI is InChI=1S/C26H24NO/c1-15-13-22(27(5)14-18(15)4)24-17(3)12-16(2)23-21-11-10-19-8-6-7-9-20(19)25(21)28-26(23)24/h6-14H,1-5H3/q+1. The third kappa shape index (κ3) is 2.31. The summed E-state index contributed by atoms with van der Waals surface area (Å²) in [7, 11) is 2.12. The molecule has 0 atom stereocenters. The molecule has 2 nitrogen and oxygen atoms in total. The molecule has 0 spiro atoms. The lowest BCUT2D eigenvalue weighted by molar-refractivity contribution is -0.660. The van der Waals surface area contributed by atoms with E-state index in [1.807, 2.05) is 0 Å². The van der Waals surface area contributed by atoms with Crippen molar-refractivity contribution in [2.24, 2.45) is 7.05 Å². The van der Waals surface area contributed by atoms with Crippen molar-refractivity contribution in [1.29, 1.82) is 0 Å². The minimum absolute atomic E-state index is 0.981. The van der Waals surface area contributed by atoms with Crippen molar-refractivity contribution in [1.82, 2.24) is 0 Å². The molecule has 0 N–H and O–H groups in total. The summed E-state index contributed by atoms with van der Waals surface area (Å²) < 4.78 is 8.84. The van der Waals surface area contributed by atoms with Crippen molar-refractivity contribution >= 4 is 32.7 Å². The summed E-state index contributed by atoms with van der Waals surface area (Å²) in [6.07, 6.45) is 2.20. The number of furan rings is 1. The number of fused-ring (bicyclic) bond motifs is 5. The first-order valence-electron chi connectivity index (χ1n) is 9.77. The Morgan fingerprint density at radius 1 is 0.714 bits per heavy atom. The zero-order valence-corrected chi connectivity index (χ0v) is 17.1. The highest BCUT2D eigenvalue weighted by Crippen LogP contribution is 2.41. The SMILES string of the molecule is Cc1cc(-c2c(C)cc(C)c3c2oc2c4ccccc4ccc23)[n+](C)cc1C. The summed E-state index contributed by atoms with van der Waals surface area (Å²) in [5.74, 6) is 0. The molecule has 2 heterocycles. The summed E-state index contributed by atoms with van der Waals surface area (Å²) in [4.78, 5) is 0. The number of nitrogens with zero attached hydrogens (tertiary/aromatic N) is 1. The van der Waals surface area contributed by atoms with E-state index in [0.29, 0.717) is 0 Å². The van der Waals surface area contributed by atoms with Gasteiger partial charge < -0.3 is 4.42 Å². The Kier molecular flexibility index (Phi) is 3.60. The highest BCUT2D eigenvalue weighted by Gasteiger charge is 2.23. The second-order valence-corrected chi connectivity index (χ2v) is 7.99. The molecule has 0 fully saturated rings. The van der Waals surface area contributed by atoms with E-state index in [-0.39, 0.29) is 0 Å². The van der Waals surface area contributed by atoms with Crippen LogP contribution in [0, 0.1) is 27.7 Å². The van der Waals surface area contributed by atoms with Crippen LogP contribution in [0.25, 0.3) is 44.0 Å². The van der Waals surface area contributed by atoms with Gasteiger partial charge in [-0.2, -0.15) is 0 Å². The number of aromatic nitrogens is 1. The van der Waals surface area contributed by atoms with Gasteiger partial charge in [-0.1, -0.05) is 36.4 Å². The molecule has 5 rings (SSSR count). The van der Waals surface area contributed by atoms with Crippen molar-refractivity contribution in [3.63, 3.8) is 0 Å². The average Bonchev–Trinajstić information content (AvgIpc) is 3.06. The lowest BCUT2D eigenvalue weighted by Crippen LogP contribution is -2.31. The molecule has 0 aliphatic heterocycles. The van der Waals surface area contributed by atoms with E-state index < -0.39 is 0 Å². The van der Waals surface area contributed by atoms with Crippen molar-refractivity contribution in [3.8, 4) is 11.3 Å². The van der Waals surface area contributed by atoms with E-state index in [4.69, 9.17) is 4.42 Å². The Labute approximate surface area is 165 Å². The highest BCUT2D eigenvalue weighted by molar-refractivity contribution is 6.18. The van der Waals surface area contributed by atoms with Crippen LogP contribution >= 0.6 is 0 Å². The average molecular weight is 366 g/mol. The zero-order valence-electron chi connectivity index (χ0n) is 17.1. The lowest BCUT2D eigenvalue weighted by Gasteiger charge is -2.09. The van der Waals surface area contributed by atoms with Crippen molar-refractivity contribution in [2.75, 3.05) is 0 Å². The van der Waals surface area contributed by atoms with Gasteiger partial charge in [0.25, 0.3) is 0 Å². The highest BCUT2D eigenvalue weighted by atomic mass is 16.3. The van der Waals surface area contributed by atoms with Gasteiger partial charge in [0.1, 0.15) is 18.2 Å². The van der Waals surface area contributed by atoms with Gasteiger partial charge >= 0.3 is 0 Å². The predicted octanol–water partition coefficient (Wildman–Crippen LogP) is 6.46. The largest absolute Gasteiger partial charge is 0.454 e. The third-order valence-electron chi connectivity index (χ3n) is 6.03. The number of hydrogen-bond acceptors (Lipinski definition) is 1. The van der Waals surface area contributed by atoms with Crippen LogP contribution < -0.4 is 4.57 Å². The molecule has 0 bridgehead atoms. The minimum atomic E-state index is 0.981. The third-order valence-corrected chi connectivity index (χ3v) is 6.03. The second kappa shape index (κ2) is 5.93. The summed E-state index contributed by atoms with van der Waals surface area (Å²) in [5, 5.41) is 4.80. The molecule has 0 amide bonds. The van der Waals surface area contributed by atoms with Crippen LogP contribution in [0.5, 0.6) is 0 Å². The first-order valence-corrected chi connectivity index (χ1v) is 9.77. The maximum absolute atomic E-state index is 6.62. The van der Waals surface area contributed by atoms with E-state index in [1.165, 1.54) is 55.1 Å². The maximum Gasteiger partial charge on any atom is 0.216 e. The Morgan fingerprint density at radius 2 is 1.50 bits per heavy atom. The number of benzene rings is 3. The molecule has 138 valence electrons. The van der Waals surface area contributed by atoms with Gasteiger partial charge in [-0.25, -0.2) is 4.57 Å². The van der Waals surface area contributed by atoms with Crippen molar-refractivity contribution < 1.29 is 8.98 Å². The summed E-state index contributed by atoms with van der Waals surface area (Å²) >= 11 is 0. The van der Waals surface area contributed by atoms with Gasteiger partial charge in [0.05, 0.1) is 5.56 Å². The van der Waals surface area contributed by atoms with Crippen LogP contribution in [0.3, 0.4) is 0 Å². The van der Waals surface area contributed by atoms with Gasteiger partial charge in [0, 0.05) is 27.8 Å². The topological polar surface area (TPSA) is 17.0 Å². The fourth-order valence-electron chi connectivity index (χ4n) is 4.49. The van der Waals surface area contributed by atoms with Crippen LogP contribution in [0.2, 0.25) is 0 Å². The Bertz CT molecular complexity index is 1410. The number of hydrogen-bond donors (Lipinski definition) is 0. The van der Waals surface area contributed by atoms with E-state index >= 15 is 0 Å². The molecular formula is C26H24NO+. The quantitative estimate of drug-likeness (QED) is 0.311. The first kappa shape index (κ1) is 17.0. The molecule has 0 saturated heterocycles. The molecule has 3 aromatic carbocycles. The van der Waals surface area contributed by atoms with Gasteiger partial charge in [0.2, 0.25) is 5.69 Å². The van der Waals surface area contributed by atoms with Crippen LogP contribution in [0.4, 0.5) is 0 Å². The van der Waals surface area contributed by atoms with Gasteiger partial charge in [-0.05, 0) is 55.8 Å². The van der Waals surface area contributed by atoms with Gasteiger partial charge in [0.15, 0.2) is 6.20 Å². The Hall–Kier alpha value is -3.13. The molecule has 5 aromatic rings. The smallest absolute Gasteiger partial charge is 0.216 e. The van der Waals surface area contributed by atoms with Crippen molar-refractivity contribution in [2.45, 2.75) is 27.7 Å². The molecule has 0 aliphatic rings. The normalized spacial score (nSPS) is 11.8. The number of pyridine rings is 1. The molecule has 0 aliphatic carbocycles. The monoisotopic (exact) mass is 366 g/mol. The number of rotatable bonds is 1. The fraction of sp³-hybridized carbons (Fsp3) is 0.192. The summed E-state index contributed by atoms with van der Waals surface area (Å²) in [6.45, 7) is 8.70. The molecule has 28 heavy (non-hydrogen) atoms. The predicted molar refractivity (Wildman–Crippen MR) is 117 cm³/mol. The van der Waals surface area contributed by atoms with E-state index in [2.05, 4.69) is 94.0 Å². The maximum atomic E-state index is 6.62. The van der Waals surface area contributed by atoms with Gasteiger partial charge in [-0.15, -0.1) is 0 Å². The summed E-state index contributed by atoms with van der Waals surface area (Å²) in [6, 6.07) is 17.4. The summed E-state index contributed by atoms with van der Waals surface area (Å²) in [5.41, 5.74) is 9.44. The van der Waals surface area contributed by atoms with Crippen LogP contribution in [0.15, 0.2) is 59.1 Å². The van der Waals surface area contributed by atoms with E-state index in [0.717, 1.165) is 11.2 Å². The zero-order chi connectivity index (χ0) is 19.6. The van der Waals surface area contributed by atoms with E-state index in [1.54, 1.807) is 0 Å². The molecule has 2 aromatic heterocycles. The Morgan fingerprint density at radius 3 is 2.32 bits per heavy atom. The Balaban J connectivity index is 1.98. The first-order chi connectivity index (χ1) is 13.5. The molecular weight excluding hydrogens is 342 g/mol. The van der Waals surface area contributed by atoms with Crippen LogP contribution in [0.1, 0.15) is 22.3 Å². The van der Waals surface area contributed by atoms with Crippen molar-refractivity contribution in [3.05, 3.63) is 77.0 Å². The fourth-order valence-corrected chi connectivity index (χ4v) is 4.49. The van der Waals surface area contributed by atoms with Crippen LogP contribution in [-0.4, -0.2) is 0 Å². The van der Waals surface area contributed by atoms with Crippen LogP contribution in [-0.2, 0) is 7.05 Å². The lowest BCUT2D eigenvalue weighted by atomic mass is 9.95. The molecule has 0 saturated carbocycles. The second-order valence-electron chi connectivity index (χ2n) is 7.99. The van der Waals surface area contributed by atoms with Gasteiger partial charge in [-0.3, -0.25) is 0 Å². The molecule has 0 radical (unpaired) electrons. The molecule has 0 unspecified atom stereocenters. The minimum Gasteiger partial charge on any atom is -0.454 e. The van der Waals surface area contributed by atoms with E-state index in [9.17, 15) is 0 Å².